The maximum atomic E-state index is 11.0. The third-order valence-corrected chi connectivity index (χ3v) is 3.19. The first-order chi connectivity index (χ1) is 7.68. The molecule has 0 spiro atoms. The molecule has 1 heterocycles. The van der Waals surface area contributed by atoms with Crippen molar-refractivity contribution in [1.29, 1.82) is 0 Å². The van der Waals surface area contributed by atoms with E-state index >= 15 is 0 Å². The normalized spacial score (nSPS) is 25.3. The largest absolute Gasteiger partial charge is 0.310 e. The molecule has 0 bridgehead atoms. The van der Waals surface area contributed by atoms with E-state index < -0.39 is 6.04 Å². The summed E-state index contributed by atoms with van der Waals surface area (Å²) >= 11 is 0. The average Bonchev–Trinajstić information content (AvgIpc) is 2.29. The second-order valence-corrected chi connectivity index (χ2v) is 4.37. The smallest absolute Gasteiger partial charge is 0.232 e. The van der Waals surface area contributed by atoms with E-state index in [4.69, 9.17) is 0 Å². The van der Waals surface area contributed by atoms with Gasteiger partial charge in [0.05, 0.1) is 12.5 Å². The van der Waals surface area contributed by atoms with Gasteiger partial charge in [-0.15, -0.1) is 0 Å². The summed E-state index contributed by atoms with van der Waals surface area (Å²) in [5.41, 5.74) is 2.27. The molecule has 0 saturated carbocycles. The van der Waals surface area contributed by atoms with Crippen molar-refractivity contribution < 1.29 is 4.92 Å². The molecule has 0 aliphatic carbocycles. The minimum atomic E-state index is -0.490. The number of piperidine rings is 1. The average molecular weight is 220 g/mol. The first kappa shape index (κ1) is 11.1. The molecule has 0 radical (unpaired) electrons. The third-order valence-electron chi connectivity index (χ3n) is 3.19. The standard InChI is InChI=1S/C12H16N2O2/c1-9-3-2-4-10(7-9)11-5-6-13-8-12(11)14(15)16/h2-4,7,11-13H,5-6,8H2,1H3/t11-,12+/m0/s1. The van der Waals surface area contributed by atoms with Crippen molar-refractivity contribution in [2.24, 2.45) is 0 Å². The third kappa shape index (κ3) is 2.22. The van der Waals surface area contributed by atoms with E-state index in [2.05, 4.69) is 11.4 Å². The van der Waals surface area contributed by atoms with Crippen LogP contribution in [0.25, 0.3) is 0 Å². The minimum Gasteiger partial charge on any atom is -0.310 e. The van der Waals surface area contributed by atoms with Gasteiger partial charge in [-0.2, -0.15) is 0 Å². The van der Waals surface area contributed by atoms with Crippen molar-refractivity contribution in [3.05, 3.63) is 45.5 Å². The highest BCUT2D eigenvalue weighted by Gasteiger charge is 2.34. The monoisotopic (exact) mass is 220 g/mol. The van der Waals surface area contributed by atoms with Gasteiger partial charge in [0, 0.05) is 4.92 Å². The lowest BCUT2D eigenvalue weighted by Crippen LogP contribution is -2.43. The van der Waals surface area contributed by atoms with Gasteiger partial charge in [-0.05, 0) is 25.5 Å². The molecule has 86 valence electrons. The summed E-state index contributed by atoms with van der Waals surface area (Å²) in [4.78, 5) is 10.8. The zero-order valence-corrected chi connectivity index (χ0v) is 9.35. The topological polar surface area (TPSA) is 55.2 Å². The van der Waals surface area contributed by atoms with Crippen molar-refractivity contribution >= 4 is 0 Å². The van der Waals surface area contributed by atoms with E-state index in [-0.39, 0.29) is 10.8 Å². The number of nitrogens with zero attached hydrogens (tertiary/aromatic N) is 1. The zero-order valence-electron chi connectivity index (χ0n) is 9.35. The second kappa shape index (κ2) is 4.61. The highest BCUT2D eigenvalue weighted by atomic mass is 16.6. The summed E-state index contributed by atoms with van der Waals surface area (Å²) in [6, 6.07) is 7.57. The van der Waals surface area contributed by atoms with Gasteiger partial charge in [-0.3, -0.25) is 10.1 Å². The molecule has 1 aromatic carbocycles. The molecule has 0 unspecified atom stereocenters. The highest BCUT2D eigenvalue weighted by Crippen LogP contribution is 2.27. The SMILES string of the molecule is Cc1cccc([C@@H]2CCNC[C@H]2[N+](=O)[O-])c1. The number of benzene rings is 1. The van der Waals surface area contributed by atoms with Crippen molar-refractivity contribution in [2.45, 2.75) is 25.3 Å². The molecule has 0 aromatic heterocycles. The van der Waals surface area contributed by atoms with Gasteiger partial charge in [0.2, 0.25) is 6.04 Å². The summed E-state index contributed by atoms with van der Waals surface area (Å²) in [6.45, 7) is 3.36. The summed E-state index contributed by atoms with van der Waals surface area (Å²) in [5.74, 6) is 0.0520. The van der Waals surface area contributed by atoms with Crippen LogP contribution in [0.3, 0.4) is 0 Å². The lowest BCUT2D eigenvalue weighted by molar-refractivity contribution is -0.526. The van der Waals surface area contributed by atoms with Crippen molar-refractivity contribution in [3.63, 3.8) is 0 Å². The summed E-state index contributed by atoms with van der Waals surface area (Å²) in [5, 5.41) is 14.1. The quantitative estimate of drug-likeness (QED) is 0.610. The maximum Gasteiger partial charge on any atom is 0.232 e. The Morgan fingerprint density at radius 2 is 2.31 bits per heavy atom. The molecular formula is C12H16N2O2. The highest BCUT2D eigenvalue weighted by molar-refractivity contribution is 5.26. The molecule has 1 saturated heterocycles. The van der Waals surface area contributed by atoms with Gasteiger partial charge in [0.15, 0.2) is 0 Å². The first-order valence-electron chi connectivity index (χ1n) is 5.59. The predicted molar refractivity (Wildman–Crippen MR) is 62.2 cm³/mol. The Kier molecular flexibility index (Phi) is 3.19. The number of nitro groups is 1. The lowest BCUT2D eigenvalue weighted by Gasteiger charge is -2.26. The molecule has 4 heteroatoms. The van der Waals surface area contributed by atoms with Crippen LogP contribution in [0.4, 0.5) is 0 Å². The Hall–Kier alpha value is -1.42. The van der Waals surface area contributed by atoms with E-state index in [0.717, 1.165) is 24.1 Å². The van der Waals surface area contributed by atoms with Crippen LogP contribution < -0.4 is 5.32 Å². The van der Waals surface area contributed by atoms with E-state index in [1.54, 1.807) is 0 Å². The van der Waals surface area contributed by atoms with Crippen LogP contribution in [-0.2, 0) is 0 Å². The molecule has 1 aliphatic heterocycles. The van der Waals surface area contributed by atoms with Crippen LogP contribution in [0.2, 0.25) is 0 Å². The first-order valence-corrected chi connectivity index (χ1v) is 5.59. The fourth-order valence-electron chi connectivity index (χ4n) is 2.35. The molecular weight excluding hydrogens is 204 g/mol. The molecule has 2 rings (SSSR count). The van der Waals surface area contributed by atoms with Crippen LogP contribution in [0.15, 0.2) is 24.3 Å². The molecule has 1 N–H and O–H groups in total. The molecule has 1 fully saturated rings. The molecule has 0 amide bonds. The minimum absolute atomic E-state index is 0.0520. The Morgan fingerprint density at radius 1 is 1.50 bits per heavy atom. The van der Waals surface area contributed by atoms with Gasteiger partial charge >= 0.3 is 0 Å². The van der Waals surface area contributed by atoms with Crippen LogP contribution in [0.1, 0.15) is 23.5 Å². The van der Waals surface area contributed by atoms with Gasteiger partial charge in [-0.25, -0.2) is 0 Å². The van der Waals surface area contributed by atoms with E-state index in [1.807, 2.05) is 25.1 Å². The number of nitrogens with one attached hydrogen (secondary N) is 1. The number of aryl methyl sites for hydroxylation is 1. The fraction of sp³-hybridized carbons (Fsp3) is 0.500. The van der Waals surface area contributed by atoms with Crippen molar-refractivity contribution in [2.75, 3.05) is 13.1 Å². The van der Waals surface area contributed by atoms with Crippen molar-refractivity contribution in [3.8, 4) is 0 Å². The summed E-state index contributed by atoms with van der Waals surface area (Å²) < 4.78 is 0. The van der Waals surface area contributed by atoms with Gasteiger partial charge in [0.1, 0.15) is 0 Å². The molecule has 1 aliphatic rings. The van der Waals surface area contributed by atoms with Crippen LogP contribution in [-0.4, -0.2) is 24.1 Å². The molecule has 16 heavy (non-hydrogen) atoms. The second-order valence-electron chi connectivity index (χ2n) is 4.37. The Balaban J connectivity index is 2.26. The van der Waals surface area contributed by atoms with Crippen LogP contribution in [0.5, 0.6) is 0 Å². The molecule has 2 atom stereocenters. The van der Waals surface area contributed by atoms with Crippen LogP contribution in [0, 0.1) is 17.0 Å². The Labute approximate surface area is 94.8 Å². The summed E-state index contributed by atoms with van der Waals surface area (Å²) in [6.07, 6.45) is 0.842. The predicted octanol–water partition coefficient (Wildman–Crippen LogP) is 1.72. The molecule has 1 aromatic rings. The number of hydrogen-bond donors (Lipinski definition) is 1. The Morgan fingerprint density at radius 3 is 3.00 bits per heavy atom. The van der Waals surface area contributed by atoms with E-state index in [9.17, 15) is 10.1 Å². The maximum absolute atomic E-state index is 11.0. The van der Waals surface area contributed by atoms with E-state index in [1.165, 1.54) is 0 Å². The van der Waals surface area contributed by atoms with E-state index in [0.29, 0.717) is 6.54 Å². The van der Waals surface area contributed by atoms with Gasteiger partial charge in [-0.1, -0.05) is 29.8 Å². The summed E-state index contributed by atoms with van der Waals surface area (Å²) in [7, 11) is 0. The van der Waals surface area contributed by atoms with Gasteiger partial charge in [0.25, 0.3) is 0 Å². The number of rotatable bonds is 2. The van der Waals surface area contributed by atoms with Crippen LogP contribution >= 0.6 is 0 Å². The zero-order chi connectivity index (χ0) is 11.5. The fourth-order valence-corrected chi connectivity index (χ4v) is 2.35. The van der Waals surface area contributed by atoms with Gasteiger partial charge < -0.3 is 5.32 Å². The van der Waals surface area contributed by atoms with Crippen molar-refractivity contribution in [1.82, 2.24) is 5.32 Å². The number of hydrogen-bond acceptors (Lipinski definition) is 3. The molecule has 4 nitrogen and oxygen atoms in total. The lowest BCUT2D eigenvalue weighted by atomic mass is 9.86. The Bertz CT molecular complexity index is 392.